The van der Waals surface area contributed by atoms with E-state index in [9.17, 15) is 52.7 Å². The van der Waals surface area contributed by atoms with Crippen LogP contribution in [0.4, 0.5) is 52.7 Å². The third kappa shape index (κ3) is 13.0. The standard InChI is InChI=1S/2C21H17F6.C2H6Si.2ClH.Zr/c2*1-3-12-7-14-6-5-13(4-2)19(18(14)8-12)15-9-16(20(22,23)24)11-17(10-15)21(25,26)27;1-3-2;;;/h2*5-11H,3-4H2,1-2H3;1-2H3;2*1H;/q2*-1;;;;+4/p-2. The third-order valence-electron chi connectivity index (χ3n) is 9.40. The van der Waals surface area contributed by atoms with E-state index in [4.69, 9.17) is 17.0 Å². The van der Waals surface area contributed by atoms with Gasteiger partial charge in [-0.25, -0.2) is 0 Å². The van der Waals surface area contributed by atoms with Crippen LogP contribution >= 0.6 is 17.0 Å². The summed E-state index contributed by atoms with van der Waals surface area (Å²) in [6.45, 7) is 11.8. The molecule has 0 aliphatic rings. The van der Waals surface area contributed by atoms with Gasteiger partial charge in [0.2, 0.25) is 0 Å². The molecule has 60 heavy (non-hydrogen) atoms. The Morgan fingerprint density at radius 1 is 0.467 bits per heavy atom. The van der Waals surface area contributed by atoms with Gasteiger partial charge in [-0.05, 0) is 73.2 Å². The van der Waals surface area contributed by atoms with E-state index in [1.54, 1.807) is 12.1 Å². The van der Waals surface area contributed by atoms with Crippen molar-refractivity contribution in [2.24, 2.45) is 0 Å². The SMILES string of the molecule is CCc1cc2c(-c3cc(C(F)(F)F)cc(C(F)(F)F)c3)c(CC)ccc2[cH-]1.CCc1cc2c(-c3cc(C(F)(F)F)cc(C(F)(F)F)c3)c(CC)ccc2[cH-]1.C[Si]C.[Cl][Zr+2][Cl]. The molecule has 6 rings (SSSR count). The van der Waals surface area contributed by atoms with Crippen molar-refractivity contribution in [3.05, 3.63) is 129 Å². The molecular weight excluding hydrogens is 947 g/mol. The predicted octanol–water partition coefficient (Wildman–Crippen LogP) is 16.9. The Labute approximate surface area is 362 Å². The van der Waals surface area contributed by atoms with Gasteiger partial charge in [-0.2, -0.15) is 64.8 Å². The van der Waals surface area contributed by atoms with E-state index in [0.29, 0.717) is 45.9 Å². The van der Waals surface area contributed by atoms with Gasteiger partial charge < -0.3 is 0 Å². The molecule has 6 aromatic rings. The van der Waals surface area contributed by atoms with Crippen LogP contribution in [0, 0.1) is 0 Å². The van der Waals surface area contributed by atoms with Crippen molar-refractivity contribution in [1.29, 1.82) is 0 Å². The molecule has 0 saturated heterocycles. The quantitative estimate of drug-likeness (QED) is 0.0886. The zero-order chi connectivity index (χ0) is 45.4. The fraction of sp³-hybridized carbons (Fsp3) is 0.318. The molecule has 0 N–H and O–H groups in total. The predicted molar refractivity (Wildman–Crippen MR) is 217 cm³/mol. The van der Waals surface area contributed by atoms with Gasteiger partial charge in [-0.1, -0.05) is 63.0 Å². The van der Waals surface area contributed by atoms with Crippen molar-refractivity contribution >= 4 is 48.1 Å². The molecule has 0 aliphatic heterocycles. The summed E-state index contributed by atoms with van der Waals surface area (Å²) in [6, 6.07) is 18.3. The molecule has 0 amide bonds. The number of hydrogen-bond donors (Lipinski definition) is 0. The first kappa shape index (κ1) is 51.3. The first-order chi connectivity index (χ1) is 27.9. The number of fused-ring (bicyclic) bond motifs is 2. The normalized spacial score (nSPS) is 11.9. The Hall–Kier alpha value is -3.06. The summed E-state index contributed by atoms with van der Waals surface area (Å²) in [5.74, 6) is 0. The summed E-state index contributed by atoms with van der Waals surface area (Å²) in [5.41, 5.74) is -1.04. The molecule has 0 unspecified atom stereocenters. The summed E-state index contributed by atoms with van der Waals surface area (Å²) in [7, 11) is 11.0. The zero-order valence-corrected chi connectivity index (χ0v) is 38.2. The van der Waals surface area contributed by atoms with Gasteiger partial charge in [0, 0.05) is 9.52 Å². The summed E-state index contributed by atoms with van der Waals surface area (Å²) < 4.78 is 159. The van der Waals surface area contributed by atoms with E-state index in [1.165, 1.54) is 0 Å². The Morgan fingerprint density at radius 3 is 0.950 bits per heavy atom. The first-order valence-electron chi connectivity index (χ1n) is 18.5. The summed E-state index contributed by atoms with van der Waals surface area (Å²) in [5, 5.41) is 2.98. The van der Waals surface area contributed by atoms with Crippen molar-refractivity contribution in [2.75, 3.05) is 0 Å². The number of rotatable bonds is 6. The van der Waals surface area contributed by atoms with Crippen LogP contribution < -0.4 is 0 Å². The van der Waals surface area contributed by atoms with Gasteiger partial charge in [0.1, 0.15) is 0 Å². The Bertz CT molecular complexity index is 2100. The van der Waals surface area contributed by atoms with E-state index in [-0.39, 0.29) is 23.3 Å². The monoisotopic (exact) mass is 984 g/mol. The number of benzene rings is 4. The van der Waals surface area contributed by atoms with Crippen LogP contribution in [0.25, 0.3) is 43.8 Å². The number of alkyl halides is 12. The first-order valence-corrected chi connectivity index (χ1v) is 26.8. The Kier molecular flexibility index (Phi) is 18.2. The molecule has 0 fully saturated rings. The second-order valence-electron chi connectivity index (χ2n) is 13.5. The number of halogens is 14. The van der Waals surface area contributed by atoms with Crippen molar-refractivity contribution in [2.45, 2.75) is 91.2 Å². The molecule has 0 aliphatic carbocycles. The number of hydrogen-bond acceptors (Lipinski definition) is 0. The molecule has 0 heterocycles. The van der Waals surface area contributed by atoms with Crippen molar-refractivity contribution < 1.29 is 73.5 Å². The molecular formula is C44H40Cl2F12SiZr. The maximum absolute atomic E-state index is 13.2. The molecule has 0 saturated carbocycles. The van der Waals surface area contributed by atoms with Crippen LogP contribution in [0.1, 0.15) is 72.2 Å². The molecule has 322 valence electrons. The van der Waals surface area contributed by atoms with Gasteiger partial charge in [0.05, 0.1) is 22.3 Å². The van der Waals surface area contributed by atoms with Crippen molar-refractivity contribution in [3.63, 3.8) is 0 Å². The Balaban J connectivity index is 0.000000283. The fourth-order valence-electron chi connectivity index (χ4n) is 6.66. The van der Waals surface area contributed by atoms with Crippen molar-refractivity contribution in [3.8, 4) is 22.3 Å². The van der Waals surface area contributed by atoms with E-state index in [1.807, 2.05) is 64.1 Å². The topological polar surface area (TPSA) is 0 Å². The Morgan fingerprint density at radius 2 is 0.733 bits per heavy atom. The van der Waals surface area contributed by atoms with Crippen LogP contribution in [0.15, 0.2) is 84.9 Å². The second-order valence-corrected chi connectivity index (χ2v) is 18.2. The summed E-state index contributed by atoms with van der Waals surface area (Å²) >= 11 is -0.826. The fourth-order valence-corrected chi connectivity index (χ4v) is 6.66. The minimum absolute atomic E-state index is 0.0622. The minimum atomic E-state index is -4.86. The molecule has 0 spiro atoms. The third-order valence-corrected chi connectivity index (χ3v) is 9.40. The number of aryl methyl sites for hydroxylation is 4. The van der Waals surface area contributed by atoms with E-state index in [0.717, 1.165) is 68.5 Å². The van der Waals surface area contributed by atoms with E-state index in [2.05, 4.69) is 13.1 Å². The molecule has 0 bridgehead atoms. The van der Waals surface area contributed by atoms with Crippen LogP contribution in [0.5, 0.6) is 0 Å². The maximum atomic E-state index is 13.2. The van der Waals surface area contributed by atoms with Crippen molar-refractivity contribution in [1.82, 2.24) is 0 Å². The molecule has 16 heteroatoms. The summed E-state index contributed by atoms with van der Waals surface area (Å²) in [4.78, 5) is 0. The molecule has 0 atom stereocenters. The molecule has 0 nitrogen and oxygen atoms in total. The van der Waals surface area contributed by atoms with Gasteiger partial charge in [-0.15, -0.1) is 69.1 Å². The van der Waals surface area contributed by atoms with Crippen LogP contribution in [0.2, 0.25) is 13.1 Å². The average Bonchev–Trinajstić information content (AvgIpc) is 3.80. The van der Waals surface area contributed by atoms with Gasteiger partial charge in [-0.3, -0.25) is 0 Å². The van der Waals surface area contributed by atoms with Gasteiger partial charge in [0.15, 0.2) is 0 Å². The zero-order valence-electron chi connectivity index (χ0n) is 33.2. The summed E-state index contributed by atoms with van der Waals surface area (Å²) in [6.07, 6.45) is -17.0. The molecule has 2 radical (unpaired) electrons. The van der Waals surface area contributed by atoms with E-state index < -0.39 is 67.8 Å². The van der Waals surface area contributed by atoms with E-state index >= 15 is 0 Å². The van der Waals surface area contributed by atoms with Crippen LogP contribution in [-0.2, 0) is 71.2 Å². The average molecular weight is 987 g/mol. The van der Waals surface area contributed by atoms with Gasteiger partial charge in [0.25, 0.3) is 0 Å². The van der Waals surface area contributed by atoms with Crippen LogP contribution in [0.3, 0.4) is 0 Å². The van der Waals surface area contributed by atoms with Crippen LogP contribution in [-0.4, -0.2) is 9.52 Å². The second kappa shape index (κ2) is 21.3. The molecule has 6 aromatic carbocycles. The van der Waals surface area contributed by atoms with Gasteiger partial charge >= 0.3 is 62.6 Å². The molecule has 0 aromatic heterocycles.